The Morgan fingerprint density at radius 2 is 1.85 bits per heavy atom. The molecule has 1 N–H and O–H groups in total. The molecule has 0 aliphatic heterocycles. The Kier molecular flexibility index (Phi) is 3.70. The van der Waals surface area contributed by atoms with Crippen molar-refractivity contribution in [3.05, 3.63) is 76.2 Å². The minimum absolute atomic E-state index is 0.829. The fraction of sp³-hybridized carbons (Fsp3) is 0.118. The number of imidazole rings is 1. The number of aromatic amines is 1. The Hall–Kier alpha value is -1.87. The minimum Gasteiger partial charge on any atom is -0.345 e. The highest BCUT2D eigenvalue weighted by atomic mass is 79.9. The molecule has 3 rings (SSSR count). The maximum Gasteiger partial charge on any atom is 0.111 e. The molecule has 2 nitrogen and oxygen atoms in total. The van der Waals surface area contributed by atoms with Crippen molar-refractivity contribution in [2.75, 3.05) is 0 Å². The first kappa shape index (κ1) is 13.1. The van der Waals surface area contributed by atoms with E-state index in [0.29, 0.717) is 0 Å². The molecule has 0 aliphatic carbocycles. The third kappa shape index (κ3) is 2.83. The van der Waals surface area contributed by atoms with Crippen LogP contribution in [0.15, 0.2) is 59.1 Å². The van der Waals surface area contributed by atoms with Crippen molar-refractivity contribution in [1.82, 2.24) is 9.97 Å². The van der Waals surface area contributed by atoms with E-state index in [1.165, 1.54) is 5.56 Å². The van der Waals surface area contributed by atoms with Crippen molar-refractivity contribution in [2.24, 2.45) is 0 Å². The van der Waals surface area contributed by atoms with Crippen LogP contribution in [0.1, 0.15) is 17.1 Å². The lowest BCUT2D eigenvalue weighted by molar-refractivity contribution is 1.02. The van der Waals surface area contributed by atoms with Gasteiger partial charge < -0.3 is 4.98 Å². The first-order chi connectivity index (χ1) is 9.72. The zero-order chi connectivity index (χ0) is 13.9. The first-order valence-electron chi connectivity index (χ1n) is 6.58. The smallest absolute Gasteiger partial charge is 0.111 e. The van der Waals surface area contributed by atoms with E-state index in [2.05, 4.69) is 64.2 Å². The highest BCUT2D eigenvalue weighted by Gasteiger charge is 2.09. The number of benzene rings is 2. The number of nitrogens with zero attached hydrogens (tertiary/aromatic N) is 1. The molecule has 0 saturated heterocycles. The number of halogens is 1. The summed E-state index contributed by atoms with van der Waals surface area (Å²) in [4.78, 5) is 8.12. The minimum atomic E-state index is 0.829. The molecule has 0 bridgehead atoms. The summed E-state index contributed by atoms with van der Waals surface area (Å²) in [6.45, 7) is 2.07. The van der Waals surface area contributed by atoms with Crippen LogP contribution in [0.25, 0.3) is 11.3 Å². The summed E-state index contributed by atoms with van der Waals surface area (Å²) in [7, 11) is 0. The van der Waals surface area contributed by atoms with Crippen LogP contribution in [0.2, 0.25) is 0 Å². The predicted octanol–water partition coefficient (Wildman–Crippen LogP) is 4.74. The van der Waals surface area contributed by atoms with Gasteiger partial charge in [0.25, 0.3) is 0 Å². The summed E-state index contributed by atoms with van der Waals surface area (Å²) < 4.78 is 1.07. The maximum atomic E-state index is 4.74. The highest BCUT2D eigenvalue weighted by molar-refractivity contribution is 9.10. The molecule has 2 aromatic carbocycles. The van der Waals surface area contributed by atoms with Gasteiger partial charge in [0.2, 0.25) is 0 Å². The summed E-state index contributed by atoms with van der Waals surface area (Å²) >= 11 is 3.51. The van der Waals surface area contributed by atoms with Crippen LogP contribution in [-0.2, 0) is 6.42 Å². The van der Waals surface area contributed by atoms with Crippen molar-refractivity contribution < 1.29 is 0 Å². The van der Waals surface area contributed by atoms with E-state index in [-0.39, 0.29) is 0 Å². The average Bonchev–Trinajstić information content (AvgIpc) is 2.81. The van der Waals surface area contributed by atoms with Gasteiger partial charge in [-0.05, 0) is 24.6 Å². The van der Waals surface area contributed by atoms with Crippen LogP contribution in [0, 0.1) is 6.92 Å². The predicted molar refractivity (Wildman–Crippen MR) is 85.7 cm³/mol. The maximum absolute atomic E-state index is 4.74. The Bertz CT molecular complexity index is 717. The number of rotatable bonds is 3. The first-order valence-corrected chi connectivity index (χ1v) is 7.37. The molecular formula is C17H15BrN2. The van der Waals surface area contributed by atoms with Gasteiger partial charge in [-0.3, -0.25) is 0 Å². The van der Waals surface area contributed by atoms with Crippen molar-refractivity contribution >= 4 is 15.9 Å². The van der Waals surface area contributed by atoms with Gasteiger partial charge in [-0.25, -0.2) is 4.98 Å². The molecule has 0 fully saturated rings. The van der Waals surface area contributed by atoms with Gasteiger partial charge in [-0.15, -0.1) is 0 Å². The van der Waals surface area contributed by atoms with Gasteiger partial charge in [-0.2, -0.15) is 0 Å². The molecule has 0 radical (unpaired) electrons. The van der Waals surface area contributed by atoms with E-state index in [9.17, 15) is 0 Å². The zero-order valence-corrected chi connectivity index (χ0v) is 12.8. The molecule has 0 spiro atoms. The third-order valence-corrected chi connectivity index (χ3v) is 3.74. The fourth-order valence-corrected chi connectivity index (χ4v) is 2.71. The number of hydrogen-bond acceptors (Lipinski definition) is 1. The van der Waals surface area contributed by atoms with E-state index < -0.39 is 0 Å². The highest BCUT2D eigenvalue weighted by Crippen LogP contribution is 2.24. The third-order valence-electron chi connectivity index (χ3n) is 3.25. The van der Waals surface area contributed by atoms with Crippen molar-refractivity contribution in [3.63, 3.8) is 0 Å². The largest absolute Gasteiger partial charge is 0.345 e. The van der Waals surface area contributed by atoms with Gasteiger partial charge in [0.1, 0.15) is 5.82 Å². The molecule has 0 saturated carbocycles. The van der Waals surface area contributed by atoms with Gasteiger partial charge >= 0.3 is 0 Å². The second-order valence-corrected chi connectivity index (χ2v) is 5.75. The Balaban J connectivity index is 1.91. The Morgan fingerprint density at radius 3 is 2.60 bits per heavy atom. The number of H-pyrrole nitrogens is 1. The summed E-state index contributed by atoms with van der Waals surface area (Å²) in [5, 5.41) is 0. The van der Waals surface area contributed by atoms with E-state index in [0.717, 1.165) is 33.7 Å². The van der Waals surface area contributed by atoms with E-state index in [1.807, 2.05) is 18.2 Å². The molecule has 0 atom stereocenters. The summed E-state index contributed by atoms with van der Waals surface area (Å²) in [6, 6.07) is 18.6. The van der Waals surface area contributed by atoms with E-state index >= 15 is 0 Å². The molecule has 3 heteroatoms. The van der Waals surface area contributed by atoms with Crippen LogP contribution in [0.3, 0.4) is 0 Å². The molecule has 1 heterocycles. The Labute approximate surface area is 127 Å². The van der Waals surface area contributed by atoms with Crippen molar-refractivity contribution in [2.45, 2.75) is 13.3 Å². The van der Waals surface area contributed by atoms with Crippen LogP contribution in [-0.4, -0.2) is 9.97 Å². The summed E-state index contributed by atoms with van der Waals surface area (Å²) in [5.74, 6) is 1.00. The number of nitrogens with one attached hydrogen (secondary N) is 1. The van der Waals surface area contributed by atoms with Gasteiger partial charge in [-0.1, -0.05) is 58.4 Å². The quantitative estimate of drug-likeness (QED) is 0.740. The zero-order valence-electron chi connectivity index (χ0n) is 11.2. The molecule has 20 heavy (non-hydrogen) atoms. The molecule has 1 aromatic heterocycles. The van der Waals surface area contributed by atoms with Crippen LogP contribution >= 0.6 is 15.9 Å². The number of aryl methyl sites for hydroxylation is 1. The van der Waals surface area contributed by atoms with E-state index in [1.54, 1.807) is 0 Å². The molecule has 0 amide bonds. The van der Waals surface area contributed by atoms with Gasteiger partial charge in [0, 0.05) is 22.2 Å². The van der Waals surface area contributed by atoms with Crippen LogP contribution in [0.5, 0.6) is 0 Å². The lowest BCUT2D eigenvalue weighted by Gasteiger charge is -1.99. The monoisotopic (exact) mass is 326 g/mol. The topological polar surface area (TPSA) is 28.7 Å². The van der Waals surface area contributed by atoms with Crippen LogP contribution in [0.4, 0.5) is 0 Å². The molecule has 3 aromatic rings. The molecular weight excluding hydrogens is 312 g/mol. The summed E-state index contributed by atoms with van der Waals surface area (Å²) in [5.41, 5.74) is 4.53. The van der Waals surface area contributed by atoms with E-state index in [4.69, 9.17) is 4.98 Å². The summed E-state index contributed by atoms with van der Waals surface area (Å²) in [6.07, 6.45) is 0.829. The normalized spacial score (nSPS) is 10.7. The van der Waals surface area contributed by atoms with Gasteiger partial charge in [0.05, 0.1) is 5.69 Å². The lowest BCUT2D eigenvalue weighted by Crippen LogP contribution is -1.90. The second-order valence-electron chi connectivity index (χ2n) is 4.83. The SMILES string of the molecule is Cc1[nH]c(Cc2ccccc2)nc1-c1cccc(Br)c1. The average molecular weight is 327 g/mol. The number of hydrogen-bond donors (Lipinski definition) is 1. The van der Waals surface area contributed by atoms with Crippen molar-refractivity contribution in [1.29, 1.82) is 0 Å². The molecule has 100 valence electrons. The molecule has 0 unspecified atom stereocenters. The lowest BCUT2D eigenvalue weighted by atomic mass is 10.1. The van der Waals surface area contributed by atoms with Gasteiger partial charge in [0.15, 0.2) is 0 Å². The van der Waals surface area contributed by atoms with Crippen molar-refractivity contribution in [3.8, 4) is 11.3 Å². The standard InChI is InChI=1S/C17H15BrN2/c1-12-17(14-8-5-9-15(18)11-14)20-16(19-12)10-13-6-3-2-4-7-13/h2-9,11H,10H2,1H3,(H,19,20). The fourth-order valence-electron chi connectivity index (χ4n) is 2.31. The Morgan fingerprint density at radius 1 is 1.05 bits per heavy atom. The van der Waals surface area contributed by atoms with Crippen LogP contribution < -0.4 is 0 Å². The molecule has 0 aliphatic rings. The second kappa shape index (κ2) is 5.63. The number of aromatic nitrogens is 2.